The van der Waals surface area contributed by atoms with Crippen molar-refractivity contribution in [2.45, 2.75) is 59.5 Å². The number of para-hydroxylation sites is 1. The first-order valence-corrected chi connectivity index (χ1v) is 10.1. The summed E-state index contributed by atoms with van der Waals surface area (Å²) in [5.41, 5.74) is 3.40. The molecule has 1 unspecified atom stereocenters. The molecule has 1 amide bonds. The van der Waals surface area contributed by atoms with Crippen molar-refractivity contribution >= 4 is 5.91 Å². The number of amides is 1. The summed E-state index contributed by atoms with van der Waals surface area (Å²) >= 11 is 0. The number of hydrogen-bond acceptors (Lipinski definition) is 3. The van der Waals surface area contributed by atoms with Crippen molar-refractivity contribution in [3.8, 4) is 11.5 Å². The van der Waals surface area contributed by atoms with Crippen molar-refractivity contribution in [1.29, 1.82) is 0 Å². The van der Waals surface area contributed by atoms with Gasteiger partial charge in [0, 0.05) is 0 Å². The third-order valence-electron chi connectivity index (χ3n) is 4.66. The Labute approximate surface area is 169 Å². The molecule has 0 aliphatic rings. The van der Waals surface area contributed by atoms with Crippen LogP contribution < -0.4 is 14.8 Å². The van der Waals surface area contributed by atoms with Crippen molar-refractivity contribution in [3.63, 3.8) is 0 Å². The van der Waals surface area contributed by atoms with Crippen LogP contribution >= 0.6 is 0 Å². The lowest BCUT2D eigenvalue weighted by Gasteiger charge is -2.19. The Hall–Kier alpha value is -2.49. The molecule has 0 aromatic heterocycles. The van der Waals surface area contributed by atoms with E-state index < -0.39 is 6.10 Å². The summed E-state index contributed by atoms with van der Waals surface area (Å²) in [6.45, 7) is 13.2. The Morgan fingerprint density at radius 3 is 2.25 bits per heavy atom. The summed E-state index contributed by atoms with van der Waals surface area (Å²) in [5.74, 6) is 2.23. The van der Waals surface area contributed by atoms with Crippen LogP contribution in [0.1, 0.15) is 63.1 Å². The molecule has 1 atom stereocenters. The second kappa shape index (κ2) is 10.2. The van der Waals surface area contributed by atoms with Crippen LogP contribution in [-0.4, -0.2) is 25.2 Å². The van der Waals surface area contributed by atoms with Gasteiger partial charge in [0.15, 0.2) is 6.10 Å². The summed E-state index contributed by atoms with van der Waals surface area (Å²) in [6, 6.07) is 14.1. The first kappa shape index (κ1) is 21.8. The molecule has 0 radical (unpaired) electrons. The molecule has 0 saturated carbocycles. The van der Waals surface area contributed by atoms with Crippen LogP contribution in [0.3, 0.4) is 0 Å². The average Bonchev–Trinajstić information content (AvgIpc) is 2.65. The Balaban J connectivity index is 1.86. The van der Waals surface area contributed by atoms with E-state index >= 15 is 0 Å². The molecular formula is C24H33NO3. The Morgan fingerprint density at radius 1 is 0.929 bits per heavy atom. The van der Waals surface area contributed by atoms with Gasteiger partial charge in [-0.25, -0.2) is 0 Å². The molecule has 28 heavy (non-hydrogen) atoms. The standard InChI is InChI=1S/C24H33NO3/c1-16(2)20-9-7-8-10-22(20)27-14-13-25-24(26)19(6)28-23-15-18(5)11-12-21(23)17(3)4/h7-12,15-17,19H,13-14H2,1-6H3,(H,25,26). The van der Waals surface area contributed by atoms with Gasteiger partial charge in [0.1, 0.15) is 18.1 Å². The fraction of sp³-hybridized carbons (Fsp3) is 0.458. The normalized spacial score (nSPS) is 12.1. The Kier molecular flexibility index (Phi) is 7.91. The quantitative estimate of drug-likeness (QED) is 0.605. The number of aryl methyl sites for hydroxylation is 1. The fourth-order valence-corrected chi connectivity index (χ4v) is 3.03. The first-order valence-electron chi connectivity index (χ1n) is 10.1. The first-order chi connectivity index (χ1) is 13.3. The minimum absolute atomic E-state index is 0.142. The Morgan fingerprint density at radius 2 is 1.57 bits per heavy atom. The van der Waals surface area contributed by atoms with E-state index in [1.807, 2.05) is 31.2 Å². The summed E-state index contributed by atoms with van der Waals surface area (Å²) in [6.07, 6.45) is -0.567. The lowest BCUT2D eigenvalue weighted by atomic mass is 10.0. The van der Waals surface area contributed by atoms with Crippen molar-refractivity contribution in [2.24, 2.45) is 0 Å². The van der Waals surface area contributed by atoms with Crippen molar-refractivity contribution < 1.29 is 14.3 Å². The van der Waals surface area contributed by atoms with Gasteiger partial charge in [-0.05, 0) is 54.5 Å². The van der Waals surface area contributed by atoms with Gasteiger partial charge in [-0.3, -0.25) is 4.79 Å². The molecule has 0 aliphatic heterocycles. The van der Waals surface area contributed by atoms with Crippen LogP contribution in [0.4, 0.5) is 0 Å². The summed E-state index contributed by atoms with van der Waals surface area (Å²) in [5, 5.41) is 2.90. The summed E-state index contributed by atoms with van der Waals surface area (Å²) < 4.78 is 11.8. The van der Waals surface area contributed by atoms with Gasteiger partial charge in [-0.1, -0.05) is 58.0 Å². The lowest BCUT2D eigenvalue weighted by Crippen LogP contribution is -2.38. The van der Waals surface area contributed by atoms with Gasteiger partial charge >= 0.3 is 0 Å². The summed E-state index contributed by atoms with van der Waals surface area (Å²) in [4.78, 5) is 12.4. The third kappa shape index (κ3) is 6.01. The molecule has 2 aromatic rings. The molecule has 0 fully saturated rings. The Bertz CT molecular complexity index is 783. The van der Waals surface area contributed by atoms with Crippen molar-refractivity contribution in [2.75, 3.05) is 13.2 Å². The van der Waals surface area contributed by atoms with E-state index in [4.69, 9.17) is 9.47 Å². The molecule has 4 nitrogen and oxygen atoms in total. The zero-order valence-electron chi connectivity index (χ0n) is 17.9. The number of carbonyl (C=O) groups is 1. The minimum Gasteiger partial charge on any atom is -0.491 e. The zero-order valence-corrected chi connectivity index (χ0v) is 17.9. The highest BCUT2D eigenvalue weighted by molar-refractivity contribution is 5.80. The lowest BCUT2D eigenvalue weighted by molar-refractivity contribution is -0.127. The van der Waals surface area contributed by atoms with Crippen molar-refractivity contribution in [3.05, 3.63) is 59.2 Å². The van der Waals surface area contributed by atoms with E-state index in [-0.39, 0.29) is 5.91 Å². The fourth-order valence-electron chi connectivity index (χ4n) is 3.03. The van der Waals surface area contributed by atoms with Crippen LogP contribution in [0.15, 0.2) is 42.5 Å². The largest absolute Gasteiger partial charge is 0.491 e. The van der Waals surface area contributed by atoms with E-state index in [0.717, 1.165) is 22.6 Å². The highest BCUT2D eigenvalue weighted by Gasteiger charge is 2.17. The van der Waals surface area contributed by atoms with Crippen molar-refractivity contribution in [1.82, 2.24) is 5.32 Å². The second-order valence-electron chi connectivity index (χ2n) is 7.79. The van der Waals surface area contributed by atoms with Crippen LogP contribution in [0.5, 0.6) is 11.5 Å². The van der Waals surface area contributed by atoms with Gasteiger partial charge in [0.05, 0.1) is 6.54 Å². The zero-order chi connectivity index (χ0) is 20.7. The monoisotopic (exact) mass is 383 g/mol. The second-order valence-corrected chi connectivity index (χ2v) is 7.79. The van der Waals surface area contributed by atoms with Crippen LogP contribution in [-0.2, 0) is 4.79 Å². The van der Waals surface area contributed by atoms with E-state index in [1.165, 1.54) is 5.56 Å². The molecule has 0 bridgehead atoms. The van der Waals surface area contributed by atoms with Crippen LogP contribution in [0.25, 0.3) is 0 Å². The number of ether oxygens (including phenoxy) is 2. The highest BCUT2D eigenvalue weighted by atomic mass is 16.5. The van der Waals surface area contributed by atoms with E-state index in [1.54, 1.807) is 6.92 Å². The molecule has 1 N–H and O–H groups in total. The molecule has 4 heteroatoms. The average molecular weight is 384 g/mol. The van der Waals surface area contributed by atoms with Gasteiger partial charge < -0.3 is 14.8 Å². The molecule has 0 spiro atoms. The minimum atomic E-state index is -0.567. The summed E-state index contributed by atoms with van der Waals surface area (Å²) in [7, 11) is 0. The molecular weight excluding hydrogens is 350 g/mol. The number of carbonyl (C=O) groups excluding carboxylic acids is 1. The van der Waals surface area contributed by atoms with Crippen LogP contribution in [0, 0.1) is 6.92 Å². The maximum absolute atomic E-state index is 12.4. The highest BCUT2D eigenvalue weighted by Crippen LogP contribution is 2.28. The molecule has 0 aliphatic carbocycles. The predicted molar refractivity (Wildman–Crippen MR) is 114 cm³/mol. The maximum atomic E-state index is 12.4. The smallest absolute Gasteiger partial charge is 0.260 e. The van der Waals surface area contributed by atoms with Gasteiger partial charge in [-0.2, -0.15) is 0 Å². The van der Waals surface area contributed by atoms with Gasteiger partial charge in [0.25, 0.3) is 5.91 Å². The van der Waals surface area contributed by atoms with E-state index in [9.17, 15) is 4.79 Å². The maximum Gasteiger partial charge on any atom is 0.260 e. The number of rotatable bonds is 9. The number of nitrogens with one attached hydrogen (secondary N) is 1. The topological polar surface area (TPSA) is 47.6 Å². The van der Waals surface area contributed by atoms with E-state index in [2.05, 4.69) is 51.2 Å². The third-order valence-corrected chi connectivity index (χ3v) is 4.66. The number of hydrogen-bond donors (Lipinski definition) is 1. The van der Waals surface area contributed by atoms with E-state index in [0.29, 0.717) is 25.0 Å². The molecule has 2 aromatic carbocycles. The van der Waals surface area contributed by atoms with Gasteiger partial charge in [0.2, 0.25) is 0 Å². The molecule has 0 heterocycles. The van der Waals surface area contributed by atoms with Crippen LogP contribution in [0.2, 0.25) is 0 Å². The predicted octanol–water partition coefficient (Wildman–Crippen LogP) is 5.20. The van der Waals surface area contributed by atoms with Gasteiger partial charge in [-0.15, -0.1) is 0 Å². The molecule has 152 valence electrons. The molecule has 2 rings (SSSR count). The SMILES string of the molecule is Cc1ccc(C(C)C)c(OC(C)C(=O)NCCOc2ccccc2C(C)C)c1. The molecule has 0 saturated heterocycles. The number of benzene rings is 2.